The molecule has 4 aromatic rings. The van der Waals surface area contributed by atoms with Gasteiger partial charge in [-0.15, -0.1) is 11.3 Å². The molecule has 126 valence electrons. The van der Waals surface area contributed by atoms with Crippen molar-refractivity contribution in [2.45, 2.75) is 6.04 Å². The largest absolute Gasteiger partial charge is 0.497 e. The number of aromatic nitrogens is 4. The highest BCUT2D eigenvalue weighted by molar-refractivity contribution is 7.17. The molecule has 0 bridgehead atoms. The van der Waals surface area contributed by atoms with Crippen LogP contribution < -0.4 is 10.1 Å². The number of anilines is 1. The molecule has 1 aromatic carbocycles. The molecule has 4 rings (SSSR count). The van der Waals surface area contributed by atoms with Gasteiger partial charge in [-0.25, -0.2) is 15.0 Å². The van der Waals surface area contributed by atoms with Gasteiger partial charge >= 0.3 is 0 Å². The van der Waals surface area contributed by atoms with E-state index in [0.29, 0.717) is 0 Å². The zero-order valence-electron chi connectivity index (χ0n) is 13.9. The Labute approximate surface area is 149 Å². The van der Waals surface area contributed by atoms with Crippen molar-refractivity contribution < 1.29 is 4.74 Å². The summed E-state index contributed by atoms with van der Waals surface area (Å²) in [4.78, 5) is 13.3. The van der Waals surface area contributed by atoms with Crippen molar-refractivity contribution in [1.82, 2.24) is 19.5 Å². The van der Waals surface area contributed by atoms with Crippen LogP contribution in [-0.4, -0.2) is 26.6 Å². The molecule has 6 nitrogen and oxygen atoms in total. The minimum atomic E-state index is -0.133. The lowest BCUT2D eigenvalue weighted by Crippen LogP contribution is -2.17. The first kappa shape index (κ1) is 15.6. The topological polar surface area (TPSA) is 64.9 Å². The highest BCUT2D eigenvalue weighted by Crippen LogP contribution is 2.31. The molecule has 0 spiro atoms. The SMILES string of the molecule is COc1ccc(C(Nc2ncnc3ccsc23)c2nccn2C)cc1. The normalized spacial score (nSPS) is 12.2. The van der Waals surface area contributed by atoms with E-state index in [0.717, 1.165) is 33.2 Å². The molecule has 0 radical (unpaired) electrons. The summed E-state index contributed by atoms with van der Waals surface area (Å²) in [5.74, 6) is 2.54. The summed E-state index contributed by atoms with van der Waals surface area (Å²) in [6.45, 7) is 0. The van der Waals surface area contributed by atoms with Crippen LogP contribution in [-0.2, 0) is 7.05 Å². The van der Waals surface area contributed by atoms with E-state index < -0.39 is 0 Å². The third-order valence-corrected chi connectivity index (χ3v) is 5.00. The Morgan fingerprint density at radius 3 is 2.68 bits per heavy atom. The molecular weight excluding hydrogens is 334 g/mol. The number of benzene rings is 1. The molecule has 3 heterocycles. The molecule has 0 amide bonds. The molecule has 1 atom stereocenters. The Morgan fingerprint density at radius 2 is 1.96 bits per heavy atom. The average Bonchev–Trinajstić information content (AvgIpc) is 3.29. The zero-order valence-corrected chi connectivity index (χ0v) is 14.7. The number of fused-ring (bicyclic) bond motifs is 1. The number of aryl methyl sites for hydroxylation is 1. The van der Waals surface area contributed by atoms with Crippen molar-refractivity contribution in [3.05, 3.63) is 65.8 Å². The van der Waals surface area contributed by atoms with Crippen LogP contribution in [0.3, 0.4) is 0 Å². The number of imidazole rings is 1. The van der Waals surface area contributed by atoms with E-state index in [1.807, 2.05) is 53.5 Å². The number of rotatable bonds is 5. The van der Waals surface area contributed by atoms with Gasteiger partial charge in [-0.05, 0) is 29.1 Å². The molecular formula is C18H17N5OS. The summed E-state index contributed by atoms with van der Waals surface area (Å²) < 4.78 is 8.31. The molecule has 0 aliphatic rings. The number of thiophene rings is 1. The van der Waals surface area contributed by atoms with Gasteiger partial charge in [0, 0.05) is 19.4 Å². The van der Waals surface area contributed by atoms with E-state index in [-0.39, 0.29) is 6.04 Å². The van der Waals surface area contributed by atoms with Gasteiger partial charge in [0.05, 0.1) is 17.3 Å². The Hall–Kier alpha value is -2.93. The van der Waals surface area contributed by atoms with E-state index in [9.17, 15) is 0 Å². The van der Waals surface area contributed by atoms with Gasteiger partial charge in [-0.3, -0.25) is 0 Å². The molecule has 0 saturated carbocycles. The van der Waals surface area contributed by atoms with Crippen LogP contribution in [0.1, 0.15) is 17.4 Å². The fraction of sp³-hybridized carbons (Fsp3) is 0.167. The van der Waals surface area contributed by atoms with E-state index in [1.165, 1.54) is 0 Å². The molecule has 0 fully saturated rings. The first-order valence-corrected chi connectivity index (χ1v) is 8.70. The number of hydrogen-bond acceptors (Lipinski definition) is 6. The van der Waals surface area contributed by atoms with Crippen molar-refractivity contribution in [3.63, 3.8) is 0 Å². The summed E-state index contributed by atoms with van der Waals surface area (Å²) >= 11 is 1.62. The van der Waals surface area contributed by atoms with E-state index >= 15 is 0 Å². The first-order chi connectivity index (χ1) is 12.3. The maximum atomic E-state index is 5.27. The van der Waals surface area contributed by atoms with E-state index in [2.05, 4.69) is 20.3 Å². The van der Waals surface area contributed by atoms with Crippen LogP contribution in [0.5, 0.6) is 5.75 Å². The second kappa shape index (κ2) is 6.52. The fourth-order valence-electron chi connectivity index (χ4n) is 2.78. The summed E-state index contributed by atoms with van der Waals surface area (Å²) in [6.07, 6.45) is 5.32. The average molecular weight is 351 g/mol. The van der Waals surface area contributed by atoms with Crippen molar-refractivity contribution in [3.8, 4) is 5.75 Å². The second-order valence-electron chi connectivity index (χ2n) is 5.60. The van der Waals surface area contributed by atoms with E-state index in [4.69, 9.17) is 4.74 Å². The van der Waals surface area contributed by atoms with Gasteiger partial charge in [-0.2, -0.15) is 0 Å². The van der Waals surface area contributed by atoms with Gasteiger partial charge in [0.1, 0.15) is 29.8 Å². The standard InChI is InChI=1S/C18H17N5OS/c1-23-9-8-19-18(23)15(12-3-5-13(24-2)6-4-12)22-17-16-14(7-10-25-16)20-11-21-17/h3-11,15H,1-2H3,(H,20,21,22). The monoisotopic (exact) mass is 351 g/mol. The van der Waals surface area contributed by atoms with E-state index in [1.54, 1.807) is 31.0 Å². The highest BCUT2D eigenvalue weighted by Gasteiger charge is 2.20. The maximum absolute atomic E-state index is 5.27. The van der Waals surface area contributed by atoms with Crippen LogP contribution in [0, 0.1) is 0 Å². The molecule has 3 aromatic heterocycles. The minimum absolute atomic E-state index is 0.133. The van der Waals surface area contributed by atoms with Gasteiger partial charge in [0.15, 0.2) is 0 Å². The number of nitrogens with one attached hydrogen (secondary N) is 1. The Kier molecular flexibility index (Phi) is 4.07. The fourth-order valence-corrected chi connectivity index (χ4v) is 3.57. The lowest BCUT2D eigenvalue weighted by molar-refractivity contribution is 0.414. The number of nitrogens with zero attached hydrogens (tertiary/aromatic N) is 4. The van der Waals surface area contributed by atoms with Crippen molar-refractivity contribution >= 4 is 27.4 Å². The Bertz CT molecular complexity index is 992. The van der Waals surface area contributed by atoms with Crippen molar-refractivity contribution in [2.24, 2.45) is 7.05 Å². The molecule has 7 heteroatoms. The van der Waals surface area contributed by atoms with Crippen molar-refractivity contribution in [2.75, 3.05) is 12.4 Å². The van der Waals surface area contributed by atoms with Gasteiger partial charge < -0.3 is 14.6 Å². The summed E-state index contributed by atoms with van der Waals surface area (Å²) in [6, 6.07) is 9.85. The molecule has 1 unspecified atom stereocenters. The third-order valence-electron chi connectivity index (χ3n) is 4.09. The van der Waals surface area contributed by atoms with Crippen LogP contribution in [0.15, 0.2) is 54.4 Å². The summed E-state index contributed by atoms with van der Waals surface area (Å²) in [5, 5.41) is 5.56. The molecule has 0 saturated heterocycles. The van der Waals surface area contributed by atoms with Crippen LogP contribution in [0.4, 0.5) is 5.82 Å². The third kappa shape index (κ3) is 2.94. The lowest BCUT2D eigenvalue weighted by atomic mass is 10.1. The molecule has 0 aliphatic carbocycles. The molecule has 1 N–H and O–H groups in total. The maximum Gasteiger partial charge on any atom is 0.148 e. The molecule has 25 heavy (non-hydrogen) atoms. The predicted octanol–water partition coefficient (Wildman–Crippen LogP) is 3.63. The number of ether oxygens (including phenoxy) is 1. The highest BCUT2D eigenvalue weighted by atomic mass is 32.1. The Morgan fingerprint density at radius 1 is 1.12 bits per heavy atom. The summed E-state index contributed by atoms with van der Waals surface area (Å²) in [7, 11) is 3.65. The van der Waals surface area contributed by atoms with Gasteiger partial charge in [0.2, 0.25) is 0 Å². The zero-order chi connectivity index (χ0) is 17.2. The summed E-state index contributed by atoms with van der Waals surface area (Å²) in [5.41, 5.74) is 2.02. The second-order valence-corrected chi connectivity index (χ2v) is 6.52. The number of methoxy groups -OCH3 is 1. The first-order valence-electron chi connectivity index (χ1n) is 7.82. The smallest absolute Gasteiger partial charge is 0.148 e. The number of hydrogen-bond donors (Lipinski definition) is 1. The lowest BCUT2D eigenvalue weighted by Gasteiger charge is -2.20. The van der Waals surface area contributed by atoms with Crippen molar-refractivity contribution in [1.29, 1.82) is 0 Å². The Balaban J connectivity index is 1.77. The molecule has 0 aliphatic heterocycles. The predicted molar refractivity (Wildman–Crippen MR) is 99.1 cm³/mol. The quantitative estimate of drug-likeness (QED) is 0.595. The van der Waals surface area contributed by atoms with Crippen LogP contribution >= 0.6 is 11.3 Å². The van der Waals surface area contributed by atoms with Gasteiger partial charge in [-0.1, -0.05) is 12.1 Å². The van der Waals surface area contributed by atoms with Crippen LogP contribution in [0.2, 0.25) is 0 Å². The minimum Gasteiger partial charge on any atom is -0.497 e. The van der Waals surface area contributed by atoms with Gasteiger partial charge in [0.25, 0.3) is 0 Å². The van der Waals surface area contributed by atoms with Crippen LogP contribution in [0.25, 0.3) is 10.2 Å².